The molecule has 0 N–H and O–H groups in total. The summed E-state index contributed by atoms with van der Waals surface area (Å²) in [6.07, 6.45) is 2.77. The SMILES string of the molecule is Cc1ccc(C2=C(N3CCC(C)CC3)C(=O)N(CCc3ccccc3)C2=O)cc1. The first kappa shape index (κ1) is 19.4. The van der Waals surface area contributed by atoms with Crippen molar-refractivity contribution in [3.05, 3.63) is 77.0 Å². The topological polar surface area (TPSA) is 40.6 Å². The maximum Gasteiger partial charge on any atom is 0.277 e. The number of likely N-dealkylation sites (tertiary alicyclic amines) is 1. The summed E-state index contributed by atoms with van der Waals surface area (Å²) in [6.45, 7) is 6.35. The van der Waals surface area contributed by atoms with Gasteiger partial charge in [-0.3, -0.25) is 14.5 Å². The van der Waals surface area contributed by atoms with Gasteiger partial charge in [-0.25, -0.2) is 0 Å². The van der Waals surface area contributed by atoms with Crippen molar-refractivity contribution in [1.82, 2.24) is 9.80 Å². The number of carbonyl (C=O) groups is 2. The minimum atomic E-state index is -0.164. The fourth-order valence-electron chi connectivity index (χ4n) is 4.16. The number of carbonyl (C=O) groups excluding carboxylic acids is 2. The molecule has 0 atom stereocenters. The molecule has 0 aromatic heterocycles. The van der Waals surface area contributed by atoms with E-state index in [1.54, 1.807) is 0 Å². The Bertz CT molecular complexity index is 923. The van der Waals surface area contributed by atoms with Gasteiger partial charge in [0.2, 0.25) is 0 Å². The molecule has 2 aliphatic heterocycles. The van der Waals surface area contributed by atoms with Crippen molar-refractivity contribution in [2.45, 2.75) is 33.1 Å². The molecular weight excluding hydrogens is 360 g/mol. The van der Waals surface area contributed by atoms with Gasteiger partial charge in [0.1, 0.15) is 5.70 Å². The predicted octanol–water partition coefficient (Wildman–Crippen LogP) is 4.05. The summed E-state index contributed by atoms with van der Waals surface area (Å²) in [4.78, 5) is 30.3. The molecule has 2 aromatic carbocycles. The summed E-state index contributed by atoms with van der Waals surface area (Å²) in [6, 6.07) is 17.9. The van der Waals surface area contributed by atoms with Crippen LogP contribution in [0.2, 0.25) is 0 Å². The van der Waals surface area contributed by atoms with Gasteiger partial charge in [-0.05, 0) is 43.2 Å². The van der Waals surface area contributed by atoms with Gasteiger partial charge in [-0.15, -0.1) is 0 Å². The predicted molar refractivity (Wildman–Crippen MR) is 115 cm³/mol. The van der Waals surface area contributed by atoms with E-state index in [9.17, 15) is 9.59 Å². The second-order valence-electron chi connectivity index (χ2n) is 8.26. The van der Waals surface area contributed by atoms with Crippen LogP contribution in [-0.4, -0.2) is 41.2 Å². The summed E-state index contributed by atoms with van der Waals surface area (Å²) in [5.74, 6) is 0.357. The van der Waals surface area contributed by atoms with E-state index in [4.69, 9.17) is 0 Å². The Hall–Kier alpha value is -2.88. The third kappa shape index (κ3) is 3.98. The highest BCUT2D eigenvalue weighted by Gasteiger charge is 2.41. The van der Waals surface area contributed by atoms with E-state index in [0.29, 0.717) is 30.2 Å². The average Bonchev–Trinajstić information content (AvgIpc) is 2.98. The molecule has 1 saturated heterocycles. The number of imide groups is 1. The lowest BCUT2D eigenvalue weighted by Gasteiger charge is -2.32. The van der Waals surface area contributed by atoms with E-state index in [0.717, 1.165) is 42.6 Å². The minimum absolute atomic E-state index is 0.143. The molecule has 4 nitrogen and oxygen atoms in total. The van der Waals surface area contributed by atoms with Gasteiger partial charge in [-0.2, -0.15) is 0 Å². The van der Waals surface area contributed by atoms with Gasteiger partial charge in [-0.1, -0.05) is 67.1 Å². The maximum absolute atomic E-state index is 13.4. The largest absolute Gasteiger partial charge is 0.366 e. The van der Waals surface area contributed by atoms with Gasteiger partial charge in [0.25, 0.3) is 11.8 Å². The van der Waals surface area contributed by atoms with Crippen LogP contribution in [0.5, 0.6) is 0 Å². The molecular formula is C25H28N2O2. The monoisotopic (exact) mass is 388 g/mol. The molecule has 0 radical (unpaired) electrons. The zero-order chi connectivity index (χ0) is 20.4. The first-order valence-electron chi connectivity index (χ1n) is 10.5. The van der Waals surface area contributed by atoms with Crippen LogP contribution in [0.25, 0.3) is 5.57 Å². The highest BCUT2D eigenvalue weighted by atomic mass is 16.2. The maximum atomic E-state index is 13.4. The lowest BCUT2D eigenvalue weighted by Crippen LogP contribution is -2.39. The van der Waals surface area contributed by atoms with Crippen LogP contribution >= 0.6 is 0 Å². The second-order valence-corrected chi connectivity index (χ2v) is 8.26. The van der Waals surface area contributed by atoms with Crippen molar-refractivity contribution in [1.29, 1.82) is 0 Å². The zero-order valence-electron chi connectivity index (χ0n) is 17.2. The molecule has 1 fully saturated rings. The Morgan fingerprint density at radius 1 is 0.897 bits per heavy atom. The van der Waals surface area contributed by atoms with Crippen molar-refractivity contribution in [2.24, 2.45) is 5.92 Å². The van der Waals surface area contributed by atoms with Crippen LogP contribution in [0.15, 0.2) is 60.3 Å². The van der Waals surface area contributed by atoms with Gasteiger partial charge < -0.3 is 4.90 Å². The van der Waals surface area contributed by atoms with Crippen LogP contribution in [-0.2, 0) is 16.0 Å². The van der Waals surface area contributed by atoms with Crippen molar-refractivity contribution < 1.29 is 9.59 Å². The summed E-state index contributed by atoms with van der Waals surface area (Å²) in [7, 11) is 0. The fourth-order valence-corrected chi connectivity index (χ4v) is 4.16. The molecule has 2 aromatic rings. The number of piperidine rings is 1. The van der Waals surface area contributed by atoms with Crippen LogP contribution in [0.1, 0.15) is 36.5 Å². The van der Waals surface area contributed by atoms with Crippen LogP contribution in [0.3, 0.4) is 0 Å². The molecule has 4 rings (SSSR count). The Kier molecular flexibility index (Phi) is 5.52. The number of nitrogens with zero attached hydrogens (tertiary/aromatic N) is 2. The quantitative estimate of drug-likeness (QED) is 0.726. The average molecular weight is 389 g/mol. The van der Waals surface area contributed by atoms with Gasteiger partial charge in [0.05, 0.1) is 5.57 Å². The smallest absolute Gasteiger partial charge is 0.277 e. The Labute approximate surface area is 172 Å². The van der Waals surface area contributed by atoms with Gasteiger partial charge in [0, 0.05) is 19.6 Å². The van der Waals surface area contributed by atoms with E-state index >= 15 is 0 Å². The van der Waals surface area contributed by atoms with Crippen molar-refractivity contribution in [3.8, 4) is 0 Å². The zero-order valence-corrected chi connectivity index (χ0v) is 17.2. The number of amides is 2. The van der Waals surface area contributed by atoms with Crippen LogP contribution in [0, 0.1) is 12.8 Å². The number of hydrogen-bond acceptors (Lipinski definition) is 3. The van der Waals surface area contributed by atoms with E-state index in [1.165, 1.54) is 4.90 Å². The van der Waals surface area contributed by atoms with E-state index in [1.807, 2.05) is 61.5 Å². The second kappa shape index (κ2) is 8.24. The first-order valence-corrected chi connectivity index (χ1v) is 10.5. The molecule has 0 aliphatic carbocycles. The van der Waals surface area contributed by atoms with E-state index in [-0.39, 0.29) is 11.8 Å². The van der Waals surface area contributed by atoms with Crippen LogP contribution < -0.4 is 0 Å². The van der Waals surface area contributed by atoms with Crippen molar-refractivity contribution >= 4 is 17.4 Å². The molecule has 29 heavy (non-hydrogen) atoms. The Morgan fingerprint density at radius 3 is 2.21 bits per heavy atom. The lowest BCUT2D eigenvalue weighted by molar-refractivity contribution is -0.137. The number of rotatable bonds is 5. The van der Waals surface area contributed by atoms with Crippen molar-refractivity contribution in [3.63, 3.8) is 0 Å². The lowest BCUT2D eigenvalue weighted by atomic mass is 9.97. The Balaban J connectivity index is 1.65. The Morgan fingerprint density at radius 2 is 1.55 bits per heavy atom. The van der Waals surface area contributed by atoms with Crippen molar-refractivity contribution in [2.75, 3.05) is 19.6 Å². The molecule has 0 unspecified atom stereocenters. The van der Waals surface area contributed by atoms with Gasteiger partial charge >= 0.3 is 0 Å². The molecule has 4 heteroatoms. The summed E-state index contributed by atoms with van der Waals surface area (Å²) in [5, 5.41) is 0. The summed E-state index contributed by atoms with van der Waals surface area (Å²) in [5.41, 5.74) is 4.27. The number of benzene rings is 2. The number of hydrogen-bond donors (Lipinski definition) is 0. The molecule has 0 bridgehead atoms. The third-order valence-corrected chi connectivity index (χ3v) is 6.05. The summed E-state index contributed by atoms with van der Waals surface area (Å²) >= 11 is 0. The first-order chi connectivity index (χ1) is 14.0. The highest BCUT2D eigenvalue weighted by molar-refractivity contribution is 6.35. The van der Waals surface area contributed by atoms with Crippen LogP contribution in [0.4, 0.5) is 0 Å². The van der Waals surface area contributed by atoms with Gasteiger partial charge in [0.15, 0.2) is 0 Å². The standard InChI is InChI=1S/C25H28N2O2/c1-18-8-10-21(11-9-18)22-23(26-15-12-19(2)13-16-26)25(29)27(24(22)28)17-14-20-6-4-3-5-7-20/h3-11,19H,12-17H2,1-2H3. The fraction of sp³-hybridized carbons (Fsp3) is 0.360. The summed E-state index contributed by atoms with van der Waals surface area (Å²) < 4.78 is 0. The molecule has 0 spiro atoms. The van der Waals surface area contributed by atoms with E-state index < -0.39 is 0 Å². The molecule has 150 valence electrons. The molecule has 2 heterocycles. The third-order valence-electron chi connectivity index (χ3n) is 6.05. The van der Waals surface area contributed by atoms with E-state index in [2.05, 4.69) is 11.8 Å². The molecule has 2 aliphatic rings. The molecule has 0 saturated carbocycles. The molecule has 2 amide bonds. The normalized spacial score (nSPS) is 18.1. The highest BCUT2D eigenvalue weighted by Crippen LogP contribution is 2.34. The number of aryl methyl sites for hydroxylation is 1. The minimum Gasteiger partial charge on any atom is -0.366 e.